The summed E-state index contributed by atoms with van der Waals surface area (Å²) >= 11 is 5.89. The molecule has 1 heteroatoms. The number of hydrogen-bond donors (Lipinski definition) is 0. The summed E-state index contributed by atoms with van der Waals surface area (Å²) in [6.45, 7) is 3.65. The maximum absolute atomic E-state index is 5.89. The van der Waals surface area contributed by atoms with Crippen LogP contribution in [0.4, 0.5) is 0 Å². The van der Waals surface area contributed by atoms with Crippen LogP contribution in [0.3, 0.4) is 0 Å². The van der Waals surface area contributed by atoms with Gasteiger partial charge in [-0.1, -0.05) is 12.2 Å². The summed E-state index contributed by atoms with van der Waals surface area (Å²) in [5.74, 6) is 0.713. The Morgan fingerprint density at radius 1 is 1.44 bits per heavy atom. The monoisotopic (exact) mass is 143 g/mol. The normalized spacial score (nSPS) is 36.2. The van der Waals surface area contributed by atoms with Crippen LogP contribution in [-0.2, 0) is 0 Å². The summed E-state index contributed by atoms with van der Waals surface area (Å²) in [5, 5.41) is 0.422. The Morgan fingerprint density at radius 2 is 2.22 bits per heavy atom. The standard InChI is InChI=1S/C8H12Cl/c1-2-3-7-4-5-8(9)6-7/h2-3,7-8H,1,4-6H2. The zero-order chi connectivity index (χ0) is 6.69. The molecule has 0 N–H and O–H groups in total. The molecular weight excluding hydrogens is 132 g/mol. The summed E-state index contributed by atoms with van der Waals surface area (Å²) in [5.41, 5.74) is 0. The van der Waals surface area contributed by atoms with Gasteiger partial charge in [-0.25, -0.2) is 0 Å². The second-order valence-corrected chi connectivity index (χ2v) is 3.22. The number of halogens is 1. The third-order valence-electron chi connectivity index (χ3n) is 1.82. The van der Waals surface area contributed by atoms with Crippen molar-refractivity contribution in [2.24, 2.45) is 5.92 Å². The molecule has 0 bridgehead atoms. The molecule has 0 nitrogen and oxygen atoms in total. The van der Waals surface area contributed by atoms with E-state index in [4.69, 9.17) is 11.6 Å². The van der Waals surface area contributed by atoms with Crippen LogP contribution in [0.15, 0.2) is 12.2 Å². The molecule has 1 rings (SSSR count). The van der Waals surface area contributed by atoms with E-state index in [1.807, 2.05) is 6.08 Å². The van der Waals surface area contributed by atoms with Gasteiger partial charge in [0, 0.05) is 5.38 Å². The van der Waals surface area contributed by atoms with Gasteiger partial charge in [0.15, 0.2) is 0 Å². The SMILES string of the molecule is [CH2]C=CC1CCC(Cl)C1. The van der Waals surface area contributed by atoms with Crippen molar-refractivity contribution in [2.75, 3.05) is 0 Å². The highest BCUT2D eigenvalue weighted by atomic mass is 35.5. The highest BCUT2D eigenvalue weighted by Crippen LogP contribution is 2.29. The topological polar surface area (TPSA) is 0 Å². The molecule has 2 atom stereocenters. The molecule has 1 aliphatic rings. The van der Waals surface area contributed by atoms with E-state index in [-0.39, 0.29) is 0 Å². The molecule has 1 aliphatic carbocycles. The molecule has 0 spiro atoms. The lowest BCUT2D eigenvalue weighted by Gasteiger charge is -1.98. The van der Waals surface area contributed by atoms with E-state index in [1.54, 1.807) is 0 Å². The quantitative estimate of drug-likeness (QED) is 0.496. The Kier molecular flexibility index (Phi) is 2.59. The van der Waals surface area contributed by atoms with Crippen LogP contribution in [0.5, 0.6) is 0 Å². The van der Waals surface area contributed by atoms with Crippen LogP contribution in [0.2, 0.25) is 0 Å². The van der Waals surface area contributed by atoms with Gasteiger partial charge in [-0.2, -0.15) is 0 Å². The molecule has 0 aliphatic heterocycles. The molecule has 9 heavy (non-hydrogen) atoms. The van der Waals surface area contributed by atoms with Crippen molar-refractivity contribution in [2.45, 2.75) is 24.6 Å². The second-order valence-electron chi connectivity index (χ2n) is 2.60. The first-order valence-electron chi connectivity index (χ1n) is 3.43. The smallest absolute Gasteiger partial charge is 0.0341 e. The number of hydrogen-bond acceptors (Lipinski definition) is 0. The fourth-order valence-electron chi connectivity index (χ4n) is 1.33. The molecule has 0 heterocycles. The minimum absolute atomic E-state index is 0.422. The molecule has 0 amide bonds. The summed E-state index contributed by atoms with van der Waals surface area (Å²) in [6.07, 6.45) is 7.60. The Labute approximate surface area is 61.9 Å². The number of allylic oxidation sites excluding steroid dienone is 2. The van der Waals surface area contributed by atoms with E-state index in [2.05, 4.69) is 13.0 Å². The van der Waals surface area contributed by atoms with Crippen LogP contribution in [0.25, 0.3) is 0 Å². The summed E-state index contributed by atoms with van der Waals surface area (Å²) in [7, 11) is 0. The van der Waals surface area contributed by atoms with Crippen LogP contribution >= 0.6 is 11.6 Å². The van der Waals surface area contributed by atoms with Crippen molar-refractivity contribution in [3.8, 4) is 0 Å². The van der Waals surface area contributed by atoms with Gasteiger partial charge in [0.05, 0.1) is 0 Å². The van der Waals surface area contributed by atoms with Crippen LogP contribution in [-0.4, -0.2) is 5.38 Å². The summed E-state index contributed by atoms with van der Waals surface area (Å²) < 4.78 is 0. The van der Waals surface area contributed by atoms with Crippen LogP contribution < -0.4 is 0 Å². The minimum atomic E-state index is 0.422. The number of rotatable bonds is 1. The van der Waals surface area contributed by atoms with E-state index in [0.29, 0.717) is 11.3 Å². The molecule has 0 aromatic rings. The van der Waals surface area contributed by atoms with Gasteiger partial charge in [0.2, 0.25) is 0 Å². The first-order chi connectivity index (χ1) is 4.33. The molecular formula is C8H12Cl. The lowest BCUT2D eigenvalue weighted by atomic mass is 10.1. The average Bonchev–Trinajstić information content (AvgIpc) is 2.17. The second kappa shape index (κ2) is 3.26. The van der Waals surface area contributed by atoms with Crippen molar-refractivity contribution < 1.29 is 0 Å². The maximum Gasteiger partial charge on any atom is 0.0341 e. The fraction of sp³-hybridized carbons (Fsp3) is 0.625. The Morgan fingerprint density at radius 3 is 2.67 bits per heavy atom. The van der Waals surface area contributed by atoms with Crippen molar-refractivity contribution in [3.05, 3.63) is 19.1 Å². The van der Waals surface area contributed by atoms with Gasteiger partial charge >= 0.3 is 0 Å². The van der Waals surface area contributed by atoms with E-state index in [9.17, 15) is 0 Å². The largest absolute Gasteiger partial charge is 0.123 e. The zero-order valence-electron chi connectivity index (χ0n) is 5.52. The molecule has 0 aromatic heterocycles. The Balaban J connectivity index is 2.30. The van der Waals surface area contributed by atoms with Gasteiger partial charge < -0.3 is 0 Å². The first-order valence-corrected chi connectivity index (χ1v) is 3.86. The molecule has 2 unspecified atom stereocenters. The first kappa shape index (κ1) is 7.14. The fourth-order valence-corrected chi connectivity index (χ4v) is 1.68. The highest BCUT2D eigenvalue weighted by molar-refractivity contribution is 6.20. The zero-order valence-corrected chi connectivity index (χ0v) is 6.27. The van der Waals surface area contributed by atoms with E-state index in [1.165, 1.54) is 12.8 Å². The van der Waals surface area contributed by atoms with E-state index < -0.39 is 0 Å². The number of alkyl halides is 1. The van der Waals surface area contributed by atoms with Crippen LogP contribution in [0.1, 0.15) is 19.3 Å². The molecule has 1 saturated carbocycles. The lowest BCUT2D eigenvalue weighted by molar-refractivity contribution is 0.687. The maximum atomic E-state index is 5.89. The third-order valence-corrected chi connectivity index (χ3v) is 2.21. The van der Waals surface area contributed by atoms with Gasteiger partial charge in [0.25, 0.3) is 0 Å². The predicted octanol–water partition coefficient (Wildman–Crippen LogP) is 2.78. The Hall–Kier alpha value is 0.0300. The molecule has 1 fully saturated rings. The predicted molar refractivity (Wildman–Crippen MR) is 41.5 cm³/mol. The molecule has 51 valence electrons. The van der Waals surface area contributed by atoms with Crippen molar-refractivity contribution >= 4 is 11.6 Å². The third kappa shape index (κ3) is 2.02. The Bertz CT molecular complexity index is 107. The lowest BCUT2D eigenvalue weighted by Crippen LogP contribution is -1.89. The van der Waals surface area contributed by atoms with Gasteiger partial charge in [-0.15, -0.1) is 11.6 Å². The molecule has 1 radical (unpaired) electrons. The van der Waals surface area contributed by atoms with Crippen LogP contribution in [0, 0.1) is 12.8 Å². The van der Waals surface area contributed by atoms with Gasteiger partial charge in [-0.05, 0) is 32.1 Å². The summed E-state index contributed by atoms with van der Waals surface area (Å²) in [4.78, 5) is 0. The molecule has 0 aromatic carbocycles. The van der Waals surface area contributed by atoms with E-state index in [0.717, 1.165) is 6.42 Å². The highest BCUT2D eigenvalue weighted by Gasteiger charge is 2.19. The summed E-state index contributed by atoms with van der Waals surface area (Å²) in [6, 6.07) is 0. The van der Waals surface area contributed by atoms with Gasteiger partial charge in [0.1, 0.15) is 0 Å². The van der Waals surface area contributed by atoms with Crippen molar-refractivity contribution in [3.63, 3.8) is 0 Å². The van der Waals surface area contributed by atoms with Gasteiger partial charge in [-0.3, -0.25) is 0 Å². The average molecular weight is 144 g/mol. The minimum Gasteiger partial charge on any atom is -0.123 e. The van der Waals surface area contributed by atoms with Crippen molar-refractivity contribution in [1.82, 2.24) is 0 Å². The molecule has 0 saturated heterocycles. The van der Waals surface area contributed by atoms with Crippen molar-refractivity contribution in [1.29, 1.82) is 0 Å². The van der Waals surface area contributed by atoms with E-state index >= 15 is 0 Å².